The minimum atomic E-state index is -0.509. The predicted molar refractivity (Wildman–Crippen MR) is 83.3 cm³/mol. The lowest BCUT2D eigenvalue weighted by molar-refractivity contribution is 0.102. The van der Waals surface area contributed by atoms with E-state index in [0.29, 0.717) is 11.3 Å². The van der Waals surface area contributed by atoms with Crippen LogP contribution < -0.4 is 5.32 Å². The molecule has 0 unspecified atom stereocenters. The molecule has 19 heavy (non-hydrogen) atoms. The topological polar surface area (TPSA) is 29.1 Å². The average molecular weight is 390 g/mol. The smallest absolute Gasteiger partial charge is 0.256 e. The maximum Gasteiger partial charge on any atom is 0.256 e. The summed E-state index contributed by atoms with van der Waals surface area (Å²) in [5.74, 6) is -0.749. The second-order valence-corrected chi connectivity index (χ2v) is 5.51. The van der Waals surface area contributed by atoms with E-state index in [1.54, 1.807) is 6.07 Å². The van der Waals surface area contributed by atoms with Gasteiger partial charge in [-0.25, -0.2) is 4.39 Å². The molecule has 98 valence electrons. The average Bonchev–Trinajstić information content (AvgIpc) is 2.37. The van der Waals surface area contributed by atoms with Crippen LogP contribution in [-0.2, 0) is 0 Å². The van der Waals surface area contributed by atoms with Gasteiger partial charge in [0.15, 0.2) is 0 Å². The number of anilines is 1. The van der Waals surface area contributed by atoms with Crippen LogP contribution in [0.15, 0.2) is 36.4 Å². The molecule has 0 saturated carbocycles. The third-order valence-electron chi connectivity index (χ3n) is 2.61. The zero-order chi connectivity index (χ0) is 14.0. The first-order chi connectivity index (χ1) is 8.99. The summed E-state index contributed by atoms with van der Waals surface area (Å²) >= 11 is 7.80. The minimum absolute atomic E-state index is 0.0169. The van der Waals surface area contributed by atoms with E-state index in [1.807, 2.05) is 19.1 Å². The molecule has 0 aliphatic carbocycles. The standard InChI is InChI=1S/C14H10ClFINO/c1-8-3-2-4-10(13(8)17)14(19)18-9-5-6-12(16)11(15)7-9/h2-7H,1H3,(H,18,19). The number of hydrogen-bond acceptors (Lipinski definition) is 1. The van der Waals surface area contributed by atoms with Crippen molar-refractivity contribution in [3.63, 3.8) is 0 Å². The van der Waals surface area contributed by atoms with Crippen molar-refractivity contribution in [1.29, 1.82) is 0 Å². The van der Waals surface area contributed by atoms with E-state index in [1.165, 1.54) is 18.2 Å². The van der Waals surface area contributed by atoms with Crippen molar-refractivity contribution in [3.8, 4) is 0 Å². The summed E-state index contributed by atoms with van der Waals surface area (Å²) in [5.41, 5.74) is 2.08. The van der Waals surface area contributed by atoms with E-state index in [-0.39, 0.29) is 10.9 Å². The highest BCUT2D eigenvalue weighted by atomic mass is 127. The van der Waals surface area contributed by atoms with E-state index in [9.17, 15) is 9.18 Å². The second kappa shape index (κ2) is 5.88. The van der Waals surface area contributed by atoms with Gasteiger partial charge in [0.05, 0.1) is 10.6 Å². The Balaban J connectivity index is 2.26. The van der Waals surface area contributed by atoms with Crippen LogP contribution in [0.5, 0.6) is 0 Å². The monoisotopic (exact) mass is 389 g/mol. The summed E-state index contributed by atoms with van der Waals surface area (Å²) in [4.78, 5) is 12.1. The Morgan fingerprint density at radius 3 is 2.74 bits per heavy atom. The zero-order valence-electron chi connectivity index (χ0n) is 10.0. The highest BCUT2D eigenvalue weighted by Crippen LogP contribution is 2.21. The number of carbonyl (C=O) groups is 1. The molecule has 2 nitrogen and oxygen atoms in total. The third kappa shape index (κ3) is 3.25. The molecule has 2 rings (SSSR count). The molecule has 0 saturated heterocycles. The molecule has 2 aromatic carbocycles. The van der Waals surface area contributed by atoms with Crippen molar-refractivity contribution >= 4 is 45.8 Å². The molecule has 0 heterocycles. The number of benzene rings is 2. The van der Waals surface area contributed by atoms with Crippen LogP contribution >= 0.6 is 34.2 Å². The molecule has 0 radical (unpaired) electrons. The van der Waals surface area contributed by atoms with Gasteiger partial charge in [-0.3, -0.25) is 4.79 Å². The lowest BCUT2D eigenvalue weighted by atomic mass is 10.1. The quantitative estimate of drug-likeness (QED) is 0.745. The summed E-state index contributed by atoms with van der Waals surface area (Å²) in [7, 11) is 0. The van der Waals surface area contributed by atoms with Crippen LogP contribution in [0.3, 0.4) is 0 Å². The van der Waals surface area contributed by atoms with Gasteiger partial charge < -0.3 is 5.32 Å². The number of hydrogen-bond donors (Lipinski definition) is 1. The summed E-state index contributed by atoms with van der Waals surface area (Å²) < 4.78 is 13.9. The van der Waals surface area contributed by atoms with Gasteiger partial charge in [-0.05, 0) is 59.3 Å². The van der Waals surface area contributed by atoms with Gasteiger partial charge >= 0.3 is 0 Å². The highest BCUT2D eigenvalue weighted by molar-refractivity contribution is 14.1. The van der Waals surface area contributed by atoms with E-state index in [4.69, 9.17) is 11.6 Å². The fourth-order valence-electron chi connectivity index (χ4n) is 1.60. The van der Waals surface area contributed by atoms with Gasteiger partial charge in [0.1, 0.15) is 5.82 Å². The van der Waals surface area contributed by atoms with Gasteiger partial charge in [-0.15, -0.1) is 0 Å². The molecule has 0 atom stereocenters. The maximum absolute atomic E-state index is 13.0. The second-order valence-electron chi connectivity index (χ2n) is 4.02. The van der Waals surface area contributed by atoms with E-state index in [0.717, 1.165) is 9.13 Å². The fraction of sp³-hybridized carbons (Fsp3) is 0.0714. The molecule has 0 aliphatic rings. The van der Waals surface area contributed by atoms with Gasteiger partial charge in [0.2, 0.25) is 0 Å². The van der Waals surface area contributed by atoms with E-state index in [2.05, 4.69) is 27.9 Å². The molecule has 1 amide bonds. The number of nitrogens with one attached hydrogen (secondary N) is 1. The summed E-state index contributed by atoms with van der Waals surface area (Å²) in [5, 5.41) is 2.68. The van der Waals surface area contributed by atoms with Crippen LogP contribution in [0.25, 0.3) is 0 Å². The van der Waals surface area contributed by atoms with Gasteiger partial charge in [-0.2, -0.15) is 0 Å². The van der Waals surface area contributed by atoms with Crippen molar-refractivity contribution in [3.05, 3.63) is 61.9 Å². The van der Waals surface area contributed by atoms with Crippen LogP contribution in [0.2, 0.25) is 5.02 Å². The summed E-state index contributed by atoms with van der Waals surface area (Å²) in [6.45, 7) is 1.94. The molecule has 5 heteroatoms. The van der Waals surface area contributed by atoms with Gasteiger partial charge in [0.25, 0.3) is 5.91 Å². The Labute approximate surface area is 129 Å². The third-order valence-corrected chi connectivity index (χ3v) is 4.34. The van der Waals surface area contributed by atoms with Gasteiger partial charge in [-0.1, -0.05) is 23.7 Å². The van der Waals surface area contributed by atoms with Crippen LogP contribution in [0, 0.1) is 16.3 Å². The zero-order valence-corrected chi connectivity index (χ0v) is 12.9. The number of halogens is 3. The lowest BCUT2D eigenvalue weighted by Crippen LogP contribution is -2.14. The van der Waals surface area contributed by atoms with E-state index >= 15 is 0 Å². The SMILES string of the molecule is Cc1cccc(C(=O)Nc2ccc(F)c(Cl)c2)c1I. The molecule has 0 aromatic heterocycles. The summed E-state index contributed by atoms with van der Waals surface area (Å²) in [6, 6.07) is 9.59. The Morgan fingerprint density at radius 2 is 2.05 bits per heavy atom. The number of aryl methyl sites for hydroxylation is 1. The molecular weight excluding hydrogens is 380 g/mol. The fourth-order valence-corrected chi connectivity index (χ4v) is 2.38. The number of amides is 1. The van der Waals surface area contributed by atoms with Crippen molar-refractivity contribution < 1.29 is 9.18 Å². The molecular formula is C14H10ClFINO. The van der Waals surface area contributed by atoms with Crippen molar-refractivity contribution in [1.82, 2.24) is 0 Å². The first kappa shape index (κ1) is 14.3. The van der Waals surface area contributed by atoms with Crippen LogP contribution in [0.1, 0.15) is 15.9 Å². The molecule has 0 aliphatic heterocycles. The molecule has 1 N–H and O–H groups in total. The summed E-state index contributed by atoms with van der Waals surface area (Å²) in [6.07, 6.45) is 0. The molecule has 0 spiro atoms. The molecule has 0 bridgehead atoms. The number of carbonyl (C=O) groups excluding carboxylic acids is 1. The van der Waals surface area contributed by atoms with Crippen molar-refractivity contribution in [2.45, 2.75) is 6.92 Å². The largest absolute Gasteiger partial charge is 0.322 e. The Bertz CT molecular complexity index is 645. The minimum Gasteiger partial charge on any atom is -0.322 e. The van der Waals surface area contributed by atoms with E-state index < -0.39 is 5.82 Å². The molecule has 2 aromatic rings. The van der Waals surface area contributed by atoms with Crippen LogP contribution in [-0.4, -0.2) is 5.91 Å². The Kier molecular flexibility index (Phi) is 4.42. The maximum atomic E-state index is 13.0. The predicted octanol–water partition coefficient (Wildman–Crippen LogP) is 4.64. The van der Waals surface area contributed by atoms with Crippen molar-refractivity contribution in [2.75, 3.05) is 5.32 Å². The lowest BCUT2D eigenvalue weighted by Gasteiger charge is -2.09. The van der Waals surface area contributed by atoms with Crippen molar-refractivity contribution in [2.24, 2.45) is 0 Å². The highest BCUT2D eigenvalue weighted by Gasteiger charge is 2.12. The Morgan fingerprint density at radius 1 is 1.32 bits per heavy atom. The first-order valence-corrected chi connectivity index (χ1v) is 6.96. The molecule has 0 fully saturated rings. The van der Waals surface area contributed by atoms with Crippen LogP contribution in [0.4, 0.5) is 10.1 Å². The first-order valence-electron chi connectivity index (χ1n) is 5.50. The van der Waals surface area contributed by atoms with Gasteiger partial charge in [0, 0.05) is 9.26 Å². The normalized spacial score (nSPS) is 10.3. The Hall–Kier alpha value is -1.14. The number of rotatable bonds is 2.